The van der Waals surface area contributed by atoms with Crippen molar-refractivity contribution >= 4 is 17.7 Å². The van der Waals surface area contributed by atoms with Crippen LogP contribution in [0.2, 0.25) is 0 Å². The summed E-state index contributed by atoms with van der Waals surface area (Å²) in [4.78, 5) is 13.7. The zero-order chi connectivity index (χ0) is 21.6. The second kappa shape index (κ2) is 9.62. The first-order valence-electron chi connectivity index (χ1n) is 10.1. The molecule has 4 rings (SSSR count). The van der Waals surface area contributed by atoms with Crippen LogP contribution in [0.3, 0.4) is 0 Å². The van der Waals surface area contributed by atoms with Crippen LogP contribution in [0.5, 0.6) is 0 Å². The number of nitrogens with zero attached hydrogens (tertiary/aromatic N) is 2. The Balaban J connectivity index is 1.64. The van der Waals surface area contributed by atoms with Crippen molar-refractivity contribution in [3.8, 4) is 16.9 Å². The molecule has 0 radical (unpaired) electrons. The topological polar surface area (TPSA) is 46.9 Å². The number of carbonyl (C=O) groups is 1. The molecule has 4 aromatic rings. The molecule has 0 atom stereocenters. The number of hydrogen-bond acceptors (Lipinski definition) is 3. The standard InChI is InChI=1S/C25H22FN3OS/c1-2-31-21-14-12-18(13-15-21)24-19(17-29(28-24)20-8-4-3-5-9-20)16-27-25(30)22-10-6-7-11-23(22)26/h3-15,17H,2,16H2,1H3,(H,27,30). The molecule has 0 saturated heterocycles. The number of carbonyl (C=O) groups excluding carboxylic acids is 1. The van der Waals surface area contributed by atoms with Crippen molar-refractivity contribution in [3.05, 3.63) is 102 Å². The number of hydrogen-bond donors (Lipinski definition) is 1. The molecule has 0 spiro atoms. The number of halogens is 1. The van der Waals surface area contributed by atoms with Crippen LogP contribution in [0.4, 0.5) is 4.39 Å². The fraction of sp³-hybridized carbons (Fsp3) is 0.120. The lowest BCUT2D eigenvalue weighted by Crippen LogP contribution is -2.23. The van der Waals surface area contributed by atoms with Gasteiger partial charge in [-0.3, -0.25) is 4.79 Å². The van der Waals surface area contributed by atoms with Crippen molar-refractivity contribution < 1.29 is 9.18 Å². The third-order valence-electron chi connectivity index (χ3n) is 4.81. The number of rotatable bonds is 7. The van der Waals surface area contributed by atoms with Gasteiger partial charge in [0.25, 0.3) is 5.91 Å². The van der Waals surface area contributed by atoms with Crippen molar-refractivity contribution in [3.63, 3.8) is 0 Å². The maximum absolute atomic E-state index is 14.0. The van der Waals surface area contributed by atoms with Crippen LogP contribution in [-0.4, -0.2) is 21.4 Å². The van der Waals surface area contributed by atoms with Crippen LogP contribution in [-0.2, 0) is 6.54 Å². The zero-order valence-corrected chi connectivity index (χ0v) is 17.9. The van der Waals surface area contributed by atoms with Crippen LogP contribution in [0.25, 0.3) is 16.9 Å². The van der Waals surface area contributed by atoms with Crippen molar-refractivity contribution in [1.82, 2.24) is 15.1 Å². The number of thioether (sulfide) groups is 1. The summed E-state index contributed by atoms with van der Waals surface area (Å²) in [6.45, 7) is 2.36. The van der Waals surface area contributed by atoms with E-state index >= 15 is 0 Å². The van der Waals surface area contributed by atoms with Crippen LogP contribution in [0.15, 0.2) is 90.0 Å². The molecule has 0 unspecified atom stereocenters. The van der Waals surface area contributed by atoms with E-state index in [2.05, 4.69) is 24.4 Å². The Morgan fingerprint density at radius 3 is 2.42 bits per heavy atom. The Kier molecular flexibility index (Phi) is 6.48. The molecule has 4 nitrogen and oxygen atoms in total. The van der Waals surface area contributed by atoms with E-state index in [0.29, 0.717) is 0 Å². The molecule has 0 bridgehead atoms. The van der Waals surface area contributed by atoms with Crippen molar-refractivity contribution in [2.24, 2.45) is 0 Å². The first-order chi connectivity index (χ1) is 15.2. The van der Waals surface area contributed by atoms with Gasteiger partial charge in [0.2, 0.25) is 0 Å². The van der Waals surface area contributed by atoms with Crippen molar-refractivity contribution in [2.45, 2.75) is 18.4 Å². The monoisotopic (exact) mass is 431 g/mol. The molecule has 3 aromatic carbocycles. The van der Waals surface area contributed by atoms with Gasteiger partial charge in [0.05, 0.1) is 16.9 Å². The minimum Gasteiger partial charge on any atom is -0.348 e. The van der Waals surface area contributed by atoms with E-state index in [-0.39, 0.29) is 12.1 Å². The first-order valence-corrected chi connectivity index (χ1v) is 11.0. The average molecular weight is 432 g/mol. The van der Waals surface area contributed by atoms with E-state index < -0.39 is 11.7 Å². The van der Waals surface area contributed by atoms with Crippen LogP contribution < -0.4 is 5.32 Å². The van der Waals surface area contributed by atoms with E-state index in [1.54, 1.807) is 28.6 Å². The number of benzene rings is 3. The molecular formula is C25H22FN3OS. The Labute approximate surface area is 185 Å². The molecule has 156 valence electrons. The minimum atomic E-state index is -0.538. The number of para-hydroxylation sites is 1. The highest BCUT2D eigenvalue weighted by Crippen LogP contribution is 2.27. The normalized spacial score (nSPS) is 10.8. The quantitative estimate of drug-likeness (QED) is 0.381. The number of aromatic nitrogens is 2. The summed E-state index contributed by atoms with van der Waals surface area (Å²) < 4.78 is 15.8. The highest BCUT2D eigenvalue weighted by atomic mass is 32.2. The highest BCUT2D eigenvalue weighted by molar-refractivity contribution is 7.99. The third-order valence-corrected chi connectivity index (χ3v) is 5.70. The van der Waals surface area contributed by atoms with Gasteiger partial charge in [0.15, 0.2) is 0 Å². The molecule has 6 heteroatoms. The highest BCUT2D eigenvalue weighted by Gasteiger charge is 2.15. The Hall–Kier alpha value is -3.38. The van der Waals surface area contributed by atoms with Gasteiger partial charge in [-0.2, -0.15) is 5.10 Å². The molecule has 1 N–H and O–H groups in total. The Morgan fingerprint density at radius 1 is 1.00 bits per heavy atom. The van der Waals surface area contributed by atoms with E-state index in [9.17, 15) is 9.18 Å². The molecule has 1 aromatic heterocycles. The van der Waals surface area contributed by atoms with Gasteiger partial charge in [-0.1, -0.05) is 49.4 Å². The predicted octanol–water partition coefficient (Wildman–Crippen LogP) is 5.72. The number of amides is 1. The van der Waals surface area contributed by atoms with E-state index in [1.165, 1.54) is 17.0 Å². The molecule has 0 aliphatic rings. The van der Waals surface area contributed by atoms with Gasteiger partial charge >= 0.3 is 0 Å². The summed E-state index contributed by atoms with van der Waals surface area (Å²) in [5.74, 6) is 0.0189. The van der Waals surface area contributed by atoms with Gasteiger partial charge in [-0.25, -0.2) is 9.07 Å². The lowest BCUT2D eigenvalue weighted by molar-refractivity contribution is 0.0947. The molecule has 0 aliphatic heterocycles. The van der Waals surface area contributed by atoms with E-state index in [1.807, 2.05) is 48.7 Å². The summed E-state index contributed by atoms with van der Waals surface area (Å²) in [6, 6.07) is 24.0. The van der Waals surface area contributed by atoms with E-state index in [0.717, 1.165) is 28.3 Å². The largest absolute Gasteiger partial charge is 0.348 e. The molecule has 31 heavy (non-hydrogen) atoms. The molecule has 0 fully saturated rings. The number of nitrogens with one attached hydrogen (secondary N) is 1. The summed E-state index contributed by atoms with van der Waals surface area (Å²) in [7, 11) is 0. The Morgan fingerprint density at radius 2 is 1.71 bits per heavy atom. The van der Waals surface area contributed by atoms with Gasteiger partial charge in [-0.05, 0) is 42.2 Å². The van der Waals surface area contributed by atoms with Crippen LogP contribution in [0, 0.1) is 5.82 Å². The second-order valence-corrected chi connectivity index (χ2v) is 8.24. The van der Waals surface area contributed by atoms with Gasteiger partial charge in [0, 0.05) is 28.8 Å². The molecule has 0 aliphatic carbocycles. The van der Waals surface area contributed by atoms with Gasteiger partial charge < -0.3 is 5.32 Å². The van der Waals surface area contributed by atoms with Crippen molar-refractivity contribution in [1.29, 1.82) is 0 Å². The molecule has 0 saturated carbocycles. The maximum Gasteiger partial charge on any atom is 0.254 e. The van der Waals surface area contributed by atoms with Crippen molar-refractivity contribution in [2.75, 3.05) is 5.75 Å². The molecular weight excluding hydrogens is 409 g/mol. The molecule has 1 heterocycles. The molecule has 1 amide bonds. The fourth-order valence-corrected chi connectivity index (χ4v) is 3.95. The summed E-state index contributed by atoms with van der Waals surface area (Å²) in [5, 5.41) is 7.61. The smallest absolute Gasteiger partial charge is 0.254 e. The average Bonchev–Trinajstić information content (AvgIpc) is 3.23. The first kappa shape index (κ1) is 20.9. The summed E-state index contributed by atoms with van der Waals surface area (Å²) >= 11 is 1.78. The maximum atomic E-state index is 14.0. The van der Waals surface area contributed by atoms with Crippen LogP contribution in [0.1, 0.15) is 22.8 Å². The minimum absolute atomic E-state index is 0.0282. The van der Waals surface area contributed by atoms with E-state index in [4.69, 9.17) is 5.10 Å². The van der Waals surface area contributed by atoms with Gasteiger partial charge in [-0.15, -0.1) is 11.8 Å². The summed E-state index contributed by atoms with van der Waals surface area (Å²) in [5.41, 5.74) is 3.55. The third kappa shape index (κ3) is 4.86. The predicted molar refractivity (Wildman–Crippen MR) is 123 cm³/mol. The summed E-state index contributed by atoms with van der Waals surface area (Å²) in [6.07, 6.45) is 1.90. The van der Waals surface area contributed by atoms with Gasteiger partial charge in [0.1, 0.15) is 5.82 Å². The Bertz CT molecular complexity index is 1170. The lowest BCUT2D eigenvalue weighted by Gasteiger charge is -2.07. The fourth-order valence-electron chi connectivity index (χ4n) is 3.29. The zero-order valence-electron chi connectivity index (χ0n) is 17.1. The SMILES string of the molecule is CCSc1ccc(-c2nn(-c3ccccc3)cc2CNC(=O)c2ccccc2F)cc1. The van der Waals surface area contributed by atoms with Crippen LogP contribution >= 0.6 is 11.8 Å². The lowest BCUT2D eigenvalue weighted by atomic mass is 10.1. The second-order valence-electron chi connectivity index (χ2n) is 6.90.